The Morgan fingerprint density at radius 1 is 0.609 bits per heavy atom. The Balaban J connectivity index is 1.88. The van der Waals surface area contributed by atoms with Gasteiger partial charge in [-0.15, -0.1) is 0 Å². The summed E-state index contributed by atoms with van der Waals surface area (Å²) < 4.78 is 0. The molecule has 23 heavy (non-hydrogen) atoms. The molecule has 0 aliphatic rings. The van der Waals surface area contributed by atoms with E-state index in [2.05, 4.69) is 25.6 Å². The summed E-state index contributed by atoms with van der Waals surface area (Å²) in [6, 6.07) is 12.6. The van der Waals surface area contributed by atoms with Gasteiger partial charge in [0.25, 0.3) is 0 Å². The van der Waals surface area contributed by atoms with Crippen molar-refractivity contribution in [3.8, 4) is 17.5 Å². The SMILES string of the molecule is Oc1nc(Nc2ccccc2O)nc(Nc2ccccc2O)n1. The van der Waals surface area contributed by atoms with E-state index in [4.69, 9.17) is 0 Å². The highest BCUT2D eigenvalue weighted by Crippen LogP contribution is 2.27. The van der Waals surface area contributed by atoms with Gasteiger partial charge in [0.15, 0.2) is 0 Å². The monoisotopic (exact) mass is 311 g/mol. The lowest BCUT2D eigenvalue weighted by atomic mass is 10.3. The van der Waals surface area contributed by atoms with Crippen molar-refractivity contribution in [1.82, 2.24) is 15.0 Å². The summed E-state index contributed by atoms with van der Waals surface area (Å²) in [5, 5.41) is 34.7. The number of aromatic hydroxyl groups is 3. The third-order valence-corrected chi connectivity index (χ3v) is 2.92. The summed E-state index contributed by atoms with van der Waals surface area (Å²) in [6.45, 7) is 0. The predicted molar refractivity (Wildman–Crippen MR) is 84.3 cm³/mol. The van der Waals surface area contributed by atoms with Crippen LogP contribution in [0.4, 0.5) is 23.3 Å². The molecule has 1 aromatic heterocycles. The van der Waals surface area contributed by atoms with Crippen LogP contribution in [0.15, 0.2) is 48.5 Å². The van der Waals surface area contributed by atoms with Crippen molar-refractivity contribution in [1.29, 1.82) is 0 Å². The minimum absolute atomic E-state index is 0.0163. The molecule has 116 valence electrons. The summed E-state index contributed by atoms with van der Waals surface area (Å²) in [5.41, 5.74) is 0.762. The van der Waals surface area contributed by atoms with E-state index in [0.717, 1.165) is 0 Å². The van der Waals surface area contributed by atoms with Gasteiger partial charge < -0.3 is 26.0 Å². The predicted octanol–water partition coefficient (Wildman–Crippen LogP) is 2.48. The van der Waals surface area contributed by atoms with Gasteiger partial charge in [-0.05, 0) is 24.3 Å². The van der Waals surface area contributed by atoms with Gasteiger partial charge in [0.2, 0.25) is 11.9 Å². The minimum atomic E-state index is -0.504. The van der Waals surface area contributed by atoms with Gasteiger partial charge in [-0.25, -0.2) is 0 Å². The quantitative estimate of drug-likeness (QED) is 0.466. The number of hydrogen-bond donors (Lipinski definition) is 5. The van der Waals surface area contributed by atoms with Gasteiger partial charge in [-0.3, -0.25) is 0 Å². The first-order chi connectivity index (χ1) is 11.1. The lowest BCUT2D eigenvalue weighted by molar-refractivity contribution is 0.430. The maximum atomic E-state index is 9.74. The second-order valence-corrected chi connectivity index (χ2v) is 4.57. The number of benzene rings is 2. The van der Waals surface area contributed by atoms with Crippen LogP contribution in [0.3, 0.4) is 0 Å². The summed E-state index contributed by atoms with van der Waals surface area (Å²) in [4.78, 5) is 11.6. The molecule has 0 aliphatic carbocycles. The first-order valence-electron chi connectivity index (χ1n) is 6.67. The molecule has 5 N–H and O–H groups in total. The molecule has 0 amide bonds. The molecule has 2 aromatic carbocycles. The van der Waals surface area contributed by atoms with Crippen LogP contribution in [-0.2, 0) is 0 Å². The maximum absolute atomic E-state index is 9.74. The van der Waals surface area contributed by atoms with E-state index < -0.39 is 6.01 Å². The third kappa shape index (κ3) is 3.38. The normalized spacial score (nSPS) is 10.3. The maximum Gasteiger partial charge on any atom is 0.320 e. The zero-order chi connectivity index (χ0) is 16.2. The molecule has 8 heteroatoms. The molecular formula is C15H13N5O3. The van der Waals surface area contributed by atoms with Crippen LogP contribution >= 0.6 is 0 Å². The van der Waals surface area contributed by atoms with Gasteiger partial charge in [0.1, 0.15) is 11.5 Å². The van der Waals surface area contributed by atoms with E-state index in [-0.39, 0.29) is 23.4 Å². The zero-order valence-electron chi connectivity index (χ0n) is 11.8. The molecule has 3 rings (SSSR count). The van der Waals surface area contributed by atoms with Crippen molar-refractivity contribution in [2.45, 2.75) is 0 Å². The topological polar surface area (TPSA) is 123 Å². The molecule has 0 atom stereocenters. The van der Waals surface area contributed by atoms with Gasteiger partial charge in [0, 0.05) is 0 Å². The van der Waals surface area contributed by atoms with E-state index in [1.54, 1.807) is 36.4 Å². The lowest BCUT2D eigenvalue weighted by Gasteiger charge is -2.10. The summed E-state index contributed by atoms with van der Waals surface area (Å²) >= 11 is 0. The molecule has 0 saturated carbocycles. The van der Waals surface area contributed by atoms with Crippen molar-refractivity contribution in [2.75, 3.05) is 10.6 Å². The van der Waals surface area contributed by atoms with E-state index in [1.165, 1.54) is 12.1 Å². The third-order valence-electron chi connectivity index (χ3n) is 2.92. The highest BCUT2D eigenvalue weighted by atomic mass is 16.3. The number of para-hydroxylation sites is 4. The second kappa shape index (κ2) is 6.06. The number of rotatable bonds is 4. The van der Waals surface area contributed by atoms with Crippen LogP contribution in [0, 0.1) is 0 Å². The second-order valence-electron chi connectivity index (χ2n) is 4.57. The molecule has 0 saturated heterocycles. The standard InChI is InChI=1S/C15H13N5O3/c21-11-7-3-1-5-9(11)16-13-18-14(20-15(23)19-13)17-10-6-2-4-8-12(10)22/h1-8,21-22H,(H3,16,17,18,19,20,23). The van der Waals surface area contributed by atoms with E-state index in [1.807, 2.05) is 0 Å². The molecular weight excluding hydrogens is 298 g/mol. The first-order valence-corrected chi connectivity index (χ1v) is 6.67. The van der Waals surface area contributed by atoms with Crippen LogP contribution in [-0.4, -0.2) is 30.3 Å². The summed E-state index contributed by atoms with van der Waals surface area (Å²) in [6.07, 6.45) is 0. The fourth-order valence-electron chi connectivity index (χ4n) is 1.88. The molecule has 0 aliphatic heterocycles. The Morgan fingerprint density at radius 3 is 1.48 bits per heavy atom. The smallest absolute Gasteiger partial charge is 0.320 e. The molecule has 8 nitrogen and oxygen atoms in total. The van der Waals surface area contributed by atoms with Crippen LogP contribution in [0.2, 0.25) is 0 Å². The Kier molecular flexibility index (Phi) is 3.79. The number of nitrogens with zero attached hydrogens (tertiary/aromatic N) is 3. The van der Waals surface area contributed by atoms with E-state index in [9.17, 15) is 15.3 Å². The van der Waals surface area contributed by atoms with Crippen molar-refractivity contribution >= 4 is 23.3 Å². The molecule has 0 spiro atoms. The Bertz CT molecular complexity index is 775. The number of aromatic nitrogens is 3. The van der Waals surface area contributed by atoms with E-state index >= 15 is 0 Å². The fraction of sp³-hybridized carbons (Fsp3) is 0. The molecule has 3 aromatic rings. The van der Waals surface area contributed by atoms with Crippen LogP contribution in [0.25, 0.3) is 0 Å². The van der Waals surface area contributed by atoms with Crippen LogP contribution in [0.5, 0.6) is 17.5 Å². The summed E-state index contributed by atoms with van der Waals surface area (Å²) in [5.74, 6) is 0.110. The number of anilines is 4. The van der Waals surface area contributed by atoms with E-state index in [0.29, 0.717) is 11.4 Å². The van der Waals surface area contributed by atoms with Crippen molar-refractivity contribution in [2.24, 2.45) is 0 Å². The van der Waals surface area contributed by atoms with Gasteiger partial charge in [0.05, 0.1) is 11.4 Å². The highest BCUT2D eigenvalue weighted by Gasteiger charge is 2.09. The molecule has 0 radical (unpaired) electrons. The fourth-order valence-corrected chi connectivity index (χ4v) is 1.88. The highest BCUT2D eigenvalue weighted by molar-refractivity contribution is 5.64. The average Bonchev–Trinajstić information content (AvgIpc) is 2.51. The Labute approximate surface area is 131 Å². The molecule has 0 fully saturated rings. The number of hydrogen-bond acceptors (Lipinski definition) is 8. The number of phenolic OH excluding ortho intramolecular Hbond substituents is 2. The van der Waals surface area contributed by atoms with Crippen molar-refractivity contribution < 1.29 is 15.3 Å². The van der Waals surface area contributed by atoms with Gasteiger partial charge >= 0.3 is 6.01 Å². The molecule has 0 bridgehead atoms. The largest absolute Gasteiger partial charge is 0.506 e. The number of phenols is 2. The zero-order valence-corrected chi connectivity index (χ0v) is 11.8. The lowest BCUT2D eigenvalue weighted by Crippen LogP contribution is -2.03. The summed E-state index contributed by atoms with van der Waals surface area (Å²) in [7, 11) is 0. The van der Waals surface area contributed by atoms with Crippen LogP contribution < -0.4 is 10.6 Å². The molecule has 0 unspecified atom stereocenters. The van der Waals surface area contributed by atoms with Crippen molar-refractivity contribution in [3.05, 3.63) is 48.5 Å². The van der Waals surface area contributed by atoms with Crippen molar-refractivity contribution in [3.63, 3.8) is 0 Å². The first kappa shape index (κ1) is 14.4. The minimum Gasteiger partial charge on any atom is -0.506 e. The Hall–Kier alpha value is -3.55. The van der Waals surface area contributed by atoms with Gasteiger partial charge in [-0.2, -0.15) is 15.0 Å². The average molecular weight is 311 g/mol. The van der Waals surface area contributed by atoms with Crippen LogP contribution in [0.1, 0.15) is 0 Å². The molecule has 1 heterocycles. The van der Waals surface area contributed by atoms with Gasteiger partial charge in [-0.1, -0.05) is 24.3 Å². The Morgan fingerprint density at radius 2 is 1.04 bits per heavy atom. The number of nitrogens with one attached hydrogen (secondary N) is 2.